The number of aliphatic hydroxyl groups excluding tert-OH is 1. The van der Waals surface area contributed by atoms with Gasteiger partial charge in [-0.15, -0.1) is 0 Å². The molecule has 0 radical (unpaired) electrons. The second-order valence-electron chi connectivity index (χ2n) is 7.82. The fourth-order valence-corrected chi connectivity index (χ4v) is 4.60. The number of ketones is 1. The molecule has 1 aliphatic rings. The minimum absolute atomic E-state index is 0.0979. The first kappa shape index (κ1) is 24.6. The lowest BCUT2D eigenvalue weighted by atomic mass is 10.0. The molecule has 32 heavy (non-hydrogen) atoms. The summed E-state index contributed by atoms with van der Waals surface area (Å²) in [6.45, 7) is 2.36. The lowest BCUT2D eigenvalue weighted by Crippen LogP contribution is -2.53. The predicted molar refractivity (Wildman–Crippen MR) is 123 cm³/mol. The van der Waals surface area contributed by atoms with Gasteiger partial charge in [-0.05, 0) is 48.5 Å². The molecule has 2 aromatic rings. The molecule has 1 aliphatic heterocycles. The van der Waals surface area contributed by atoms with Crippen LogP contribution in [0.25, 0.3) is 0 Å². The molecule has 1 fully saturated rings. The van der Waals surface area contributed by atoms with Crippen LogP contribution in [0.1, 0.15) is 15.9 Å². The van der Waals surface area contributed by atoms with Gasteiger partial charge in [0.25, 0.3) is 10.2 Å². The van der Waals surface area contributed by atoms with Gasteiger partial charge in [-0.25, -0.2) is 0 Å². The number of nitrogens with zero attached hydrogens (tertiary/aromatic N) is 3. The second-order valence-corrected chi connectivity index (χ2v) is 10.4. The number of halogens is 1. The average Bonchev–Trinajstić information content (AvgIpc) is 2.78. The van der Waals surface area contributed by atoms with Gasteiger partial charge >= 0.3 is 0 Å². The van der Waals surface area contributed by atoms with E-state index in [1.54, 1.807) is 48.5 Å². The van der Waals surface area contributed by atoms with E-state index in [9.17, 15) is 18.3 Å². The number of β-amino-alcohol motifs (C(OH)–C–C–N with tert-alkyl or cyclic N) is 1. The zero-order valence-corrected chi connectivity index (χ0v) is 19.7. The summed E-state index contributed by atoms with van der Waals surface area (Å²) in [6, 6.07) is 13.5. The number of rotatable bonds is 9. The van der Waals surface area contributed by atoms with E-state index in [0.29, 0.717) is 54.6 Å². The minimum atomic E-state index is -3.40. The summed E-state index contributed by atoms with van der Waals surface area (Å²) in [4.78, 5) is 14.5. The Morgan fingerprint density at radius 2 is 1.56 bits per heavy atom. The molecule has 0 aromatic heterocycles. The van der Waals surface area contributed by atoms with E-state index in [1.807, 2.05) is 4.90 Å². The van der Waals surface area contributed by atoms with E-state index >= 15 is 0 Å². The third kappa shape index (κ3) is 6.28. The Balaban J connectivity index is 1.45. The zero-order valence-electron chi connectivity index (χ0n) is 18.1. The van der Waals surface area contributed by atoms with Crippen molar-refractivity contribution in [2.75, 3.05) is 53.4 Å². The van der Waals surface area contributed by atoms with E-state index < -0.39 is 16.3 Å². The molecule has 0 aliphatic carbocycles. The second kappa shape index (κ2) is 10.7. The maximum absolute atomic E-state index is 12.5. The molecule has 0 amide bonds. The number of carbonyl (C=O) groups is 1. The highest BCUT2D eigenvalue weighted by Crippen LogP contribution is 2.18. The third-order valence-electron chi connectivity index (χ3n) is 5.25. The minimum Gasteiger partial charge on any atom is -0.491 e. The van der Waals surface area contributed by atoms with Crippen molar-refractivity contribution in [3.8, 4) is 5.75 Å². The number of benzene rings is 2. The normalized spacial score (nSPS) is 16.8. The number of aliphatic hydroxyl groups is 1. The van der Waals surface area contributed by atoms with Crippen LogP contribution in [-0.2, 0) is 10.2 Å². The molecule has 2 aromatic carbocycles. The molecule has 1 heterocycles. The first-order chi connectivity index (χ1) is 15.2. The Hall–Kier alpha value is -2.01. The van der Waals surface area contributed by atoms with Crippen LogP contribution in [-0.4, -0.2) is 92.3 Å². The molecule has 8 nitrogen and oxygen atoms in total. The molecule has 1 unspecified atom stereocenters. The lowest BCUT2D eigenvalue weighted by molar-refractivity contribution is 0.0564. The maximum Gasteiger partial charge on any atom is 0.281 e. The summed E-state index contributed by atoms with van der Waals surface area (Å²) in [7, 11) is -0.371. The Morgan fingerprint density at radius 3 is 2.09 bits per heavy atom. The average molecular weight is 482 g/mol. The van der Waals surface area contributed by atoms with Crippen molar-refractivity contribution in [3.05, 3.63) is 64.7 Å². The van der Waals surface area contributed by atoms with E-state index in [-0.39, 0.29) is 12.4 Å². The largest absolute Gasteiger partial charge is 0.491 e. The summed E-state index contributed by atoms with van der Waals surface area (Å²) in [5.41, 5.74) is 1.09. The van der Waals surface area contributed by atoms with Crippen LogP contribution in [0.15, 0.2) is 48.5 Å². The van der Waals surface area contributed by atoms with Crippen LogP contribution < -0.4 is 4.74 Å². The molecular weight excluding hydrogens is 454 g/mol. The van der Waals surface area contributed by atoms with E-state index in [4.69, 9.17) is 16.3 Å². The molecule has 3 rings (SSSR count). The smallest absolute Gasteiger partial charge is 0.281 e. The summed E-state index contributed by atoms with van der Waals surface area (Å²) in [5.74, 6) is 0.447. The SMILES string of the molecule is CN(C)S(=O)(=O)N1CCN(CC(O)COc2ccc(C(=O)c3ccc(Cl)cc3)cc2)CC1. The molecule has 10 heteroatoms. The highest BCUT2D eigenvalue weighted by molar-refractivity contribution is 7.86. The van der Waals surface area contributed by atoms with Gasteiger partial charge in [0.1, 0.15) is 18.5 Å². The van der Waals surface area contributed by atoms with Crippen molar-refractivity contribution in [1.29, 1.82) is 0 Å². The van der Waals surface area contributed by atoms with Crippen molar-refractivity contribution in [3.63, 3.8) is 0 Å². The first-order valence-electron chi connectivity index (χ1n) is 10.3. The molecule has 1 atom stereocenters. The van der Waals surface area contributed by atoms with Gasteiger partial charge in [0, 0.05) is 63.0 Å². The molecule has 0 bridgehead atoms. The topological polar surface area (TPSA) is 90.4 Å². The van der Waals surface area contributed by atoms with Gasteiger partial charge in [-0.1, -0.05) is 11.6 Å². The number of piperazine rings is 1. The summed E-state index contributed by atoms with van der Waals surface area (Å²) in [5, 5.41) is 10.9. The van der Waals surface area contributed by atoms with Crippen LogP contribution in [0.5, 0.6) is 5.75 Å². The Labute approximate surface area is 194 Å². The van der Waals surface area contributed by atoms with Crippen molar-refractivity contribution < 1.29 is 23.1 Å². The third-order valence-corrected chi connectivity index (χ3v) is 7.45. The Kier molecular flexibility index (Phi) is 8.26. The molecule has 0 saturated carbocycles. The number of hydrogen-bond acceptors (Lipinski definition) is 6. The summed E-state index contributed by atoms with van der Waals surface area (Å²) in [6.07, 6.45) is -0.720. The van der Waals surface area contributed by atoms with Gasteiger partial charge in [0.15, 0.2) is 5.78 Å². The van der Waals surface area contributed by atoms with Crippen LogP contribution >= 0.6 is 11.6 Å². The Morgan fingerprint density at radius 1 is 1.03 bits per heavy atom. The first-order valence-corrected chi connectivity index (χ1v) is 12.1. The van der Waals surface area contributed by atoms with Gasteiger partial charge < -0.3 is 9.84 Å². The molecule has 0 spiro atoms. The van der Waals surface area contributed by atoms with Crippen molar-refractivity contribution in [2.24, 2.45) is 0 Å². The fraction of sp³-hybridized carbons (Fsp3) is 0.409. The molecule has 174 valence electrons. The summed E-state index contributed by atoms with van der Waals surface area (Å²) < 4.78 is 32.6. The fourth-order valence-electron chi connectivity index (χ4n) is 3.39. The highest BCUT2D eigenvalue weighted by atomic mass is 35.5. The van der Waals surface area contributed by atoms with Gasteiger partial charge in [0.2, 0.25) is 0 Å². The number of ether oxygens (including phenoxy) is 1. The number of hydrogen-bond donors (Lipinski definition) is 1. The van der Waals surface area contributed by atoms with Crippen LogP contribution in [0.3, 0.4) is 0 Å². The van der Waals surface area contributed by atoms with Crippen molar-refractivity contribution in [1.82, 2.24) is 13.5 Å². The van der Waals surface area contributed by atoms with Crippen molar-refractivity contribution in [2.45, 2.75) is 6.10 Å². The van der Waals surface area contributed by atoms with E-state index in [0.717, 1.165) is 0 Å². The maximum atomic E-state index is 12.5. The monoisotopic (exact) mass is 481 g/mol. The molecule has 1 N–H and O–H groups in total. The van der Waals surface area contributed by atoms with Crippen LogP contribution in [0.2, 0.25) is 5.02 Å². The van der Waals surface area contributed by atoms with Gasteiger partial charge in [-0.3, -0.25) is 9.69 Å². The summed E-state index contributed by atoms with van der Waals surface area (Å²) >= 11 is 5.86. The van der Waals surface area contributed by atoms with Gasteiger partial charge in [-0.2, -0.15) is 17.0 Å². The molecular formula is C22H28ClN3O5S. The van der Waals surface area contributed by atoms with E-state index in [2.05, 4.69) is 0 Å². The lowest BCUT2D eigenvalue weighted by Gasteiger charge is -2.35. The standard InChI is InChI=1S/C22H28ClN3O5S/c1-24(2)32(29,30)26-13-11-25(12-14-26)15-20(27)16-31-21-9-5-18(6-10-21)22(28)17-3-7-19(23)8-4-17/h3-10,20,27H,11-16H2,1-2H3. The number of carbonyl (C=O) groups excluding carboxylic acids is 1. The zero-order chi connectivity index (χ0) is 23.3. The van der Waals surface area contributed by atoms with Crippen LogP contribution in [0.4, 0.5) is 0 Å². The Bertz CT molecular complexity index is 1000. The predicted octanol–water partition coefficient (Wildman–Crippen LogP) is 1.73. The van der Waals surface area contributed by atoms with E-state index in [1.165, 1.54) is 22.7 Å². The van der Waals surface area contributed by atoms with Crippen molar-refractivity contribution >= 4 is 27.6 Å². The van der Waals surface area contributed by atoms with Gasteiger partial charge in [0.05, 0.1) is 0 Å². The quantitative estimate of drug-likeness (QED) is 0.549. The molecule has 1 saturated heterocycles. The van der Waals surface area contributed by atoms with Crippen LogP contribution in [0, 0.1) is 0 Å². The highest BCUT2D eigenvalue weighted by Gasteiger charge is 2.29.